The smallest absolute Gasteiger partial charge is 0.272 e. The van der Waals surface area contributed by atoms with E-state index in [2.05, 4.69) is 5.32 Å². The lowest BCUT2D eigenvalue weighted by Crippen LogP contribution is -2.15. The molecule has 18 heavy (non-hydrogen) atoms. The van der Waals surface area contributed by atoms with Gasteiger partial charge in [0.2, 0.25) is 0 Å². The summed E-state index contributed by atoms with van der Waals surface area (Å²) in [5.74, 6) is 0.362. The van der Waals surface area contributed by atoms with E-state index in [0.717, 1.165) is 24.9 Å². The first kappa shape index (κ1) is 13.0. The van der Waals surface area contributed by atoms with Crippen molar-refractivity contribution in [2.75, 3.05) is 6.54 Å². The van der Waals surface area contributed by atoms with Gasteiger partial charge in [-0.3, -0.25) is 10.1 Å². The van der Waals surface area contributed by atoms with Crippen LogP contribution in [0.3, 0.4) is 0 Å². The molecule has 1 fully saturated rings. The lowest BCUT2D eigenvalue weighted by molar-refractivity contribution is -0.385. The number of nitro benzene ring substituents is 1. The Morgan fingerprint density at radius 2 is 2.17 bits per heavy atom. The van der Waals surface area contributed by atoms with Gasteiger partial charge in [0.15, 0.2) is 0 Å². The van der Waals surface area contributed by atoms with E-state index in [-0.39, 0.29) is 5.69 Å². The van der Waals surface area contributed by atoms with E-state index in [9.17, 15) is 14.5 Å². The summed E-state index contributed by atoms with van der Waals surface area (Å²) in [6.07, 6.45) is 5.07. The Hall–Kier alpha value is -1.49. The third-order valence-corrected chi connectivity index (χ3v) is 3.15. The van der Waals surface area contributed by atoms with Crippen molar-refractivity contribution >= 4 is 5.69 Å². The molecule has 4 nitrogen and oxygen atoms in total. The number of rotatable bonds is 7. The molecule has 5 heteroatoms. The molecule has 1 saturated carbocycles. The normalized spacial score (nSPS) is 14.7. The van der Waals surface area contributed by atoms with Crippen molar-refractivity contribution in [3.63, 3.8) is 0 Å². The number of benzene rings is 1. The molecule has 0 saturated heterocycles. The van der Waals surface area contributed by atoms with Crippen LogP contribution < -0.4 is 5.32 Å². The van der Waals surface area contributed by atoms with Gasteiger partial charge < -0.3 is 5.32 Å². The molecule has 98 valence electrons. The summed E-state index contributed by atoms with van der Waals surface area (Å²) in [6, 6.07) is 3.69. The maximum absolute atomic E-state index is 13.1. The fraction of sp³-hybridized carbons (Fsp3) is 0.538. The SMILES string of the molecule is O=[N+]([O-])c1cc(F)cc(CNCCCC2CC2)c1. The maximum Gasteiger partial charge on any atom is 0.272 e. The first-order chi connectivity index (χ1) is 8.65. The van der Waals surface area contributed by atoms with Gasteiger partial charge in [0, 0.05) is 12.6 Å². The minimum absolute atomic E-state index is 0.190. The monoisotopic (exact) mass is 252 g/mol. The average Bonchev–Trinajstić information content (AvgIpc) is 3.12. The standard InChI is InChI=1S/C13H17FN2O2/c14-12-6-11(7-13(8-12)16(17)18)9-15-5-1-2-10-3-4-10/h6-8,10,15H,1-5,9H2. The number of nitrogens with zero attached hydrogens (tertiary/aromatic N) is 1. The first-order valence-electron chi connectivity index (χ1n) is 6.30. The van der Waals surface area contributed by atoms with Crippen LogP contribution in [0.5, 0.6) is 0 Å². The molecule has 1 aromatic carbocycles. The van der Waals surface area contributed by atoms with E-state index in [0.29, 0.717) is 12.1 Å². The van der Waals surface area contributed by atoms with Crippen molar-refractivity contribution in [2.45, 2.75) is 32.2 Å². The Kier molecular flexibility index (Phi) is 4.25. The zero-order chi connectivity index (χ0) is 13.0. The van der Waals surface area contributed by atoms with Crippen LogP contribution in [0.1, 0.15) is 31.2 Å². The first-order valence-corrected chi connectivity index (χ1v) is 6.30. The van der Waals surface area contributed by atoms with Crippen LogP contribution in [-0.4, -0.2) is 11.5 Å². The highest BCUT2D eigenvalue weighted by Crippen LogP contribution is 2.33. The quantitative estimate of drug-likeness (QED) is 0.461. The fourth-order valence-corrected chi connectivity index (χ4v) is 2.00. The second-order valence-electron chi connectivity index (χ2n) is 4.84. The Morgan fingerprint density at radius 3 is 2.83 bits per heavy atom. The molecule has 0 aromatic heterocycles. The van der Waals surface area contributed by atoms with E-state index in [1.165, 1.54) is 31.4 Å². The summed E-state index contributed by atoms with van der Waals surface area (Å²) in [5.41, 5.74) is 0.429. The Labute approximate surface area is 105 Å². The predicted molar refractivity (Wildman–Crippen MR) is 66.7 cm³/mol. The lowest BCUT2D eigenvalue weighted by atomic mass is 10.2. The molecule has 1 aliphatic rings. The lowest BCUT2D eigenvalue weighted by Gasteiger charge is -2.05. The number of halogens is 1. The summed E-state index contributed by atoms with van der Waals surface area (Å²) >= 11 is 0. The van der Waals surface area contributed by atoms with Gasteiger partial charge in [-0.25, -0.2) is 4.39 Å². The highest BCUT2D eigenvalue weighted by molar-refractivity contribution is 5.35. The van der Waals surface area contributed by atoms with Crippen LogP contribution in [0.2, 0.25) is 0 Å². The maximum atomic E-state index is 13.1. The average molecular weight is 252 g/mol. The third kappa shape index (κ3) is 4.07. The molecular weight excluding hydrogens is 235 g/mol. The number of hydrogen-bond acceptors (Lipinski definition) is 3. The number of non-ortho nitro benzene ring substituents is 1. The fourth-order valence-electron chi connectivity index (χ4n) is 2.00. The highest BCUT2D eigenvalue weighted by Gasteiger charge is 2.19. The number of hydrogen-bond donors (Lipinski definition) is 1. The van der Waals surface area contributed by atoms with Gasteiger partial charge in [0.1, 0.15) is 5.82 Å². The van der Waals surface area contributed by atoms with Crippen LogP contribution >= 0.6 is 0 Å². The molecule has 1 aromatic rings. The topological polar surface area (TPSA) is 55.2 Å². The van der Waals surface area contributed by atoms with Crippen molar-refractivity contribution in [1.29, 1.82) is 0 Å². The molecule has 0 atom stereocenters. The predicted octanol–water partition coefficient (Wildman–Crippen LogP) is 3.01. The van der Waals surface area contributed by atoms with Gasteiger partial charge in [0.25, 0.3) is 5.69 Å². The van der Waals surface area contributed by atoms with Crippen LogP contribution in [0.15, 0.2) is 18.2 Å². The largest absolute Gasteiger partial charge is 0.313 e. The molecule has 0 heterocycles. The van der Waals surface area contributed by atoms with Gasteiger partial charge in [-0.05, 0) is 36.9 Å². The number of nitro groups is 1. The van der Waals surface area contributed by atoms with E-state index in [1.807, 2.05) is 0 Å². The Bertz CT molecular complexity index is 433. The summed E-state index contributed by atoms with van der Waals surface area (Å²) < 4.78 is 13.1. The molecule has 0 spiro atoms. The van der Waals surface area contributed by atoms with Gasteiger partial charge in [-0.15, -0.1) is 0 Å². The molecule has 1 aliphatic carbocycles. The van der Waals surface area contributed by atoms with Gasteiger partial charge in [-0.1, -0.05) is 12.8 Å². The molecular formula is C13H17FN2O2. The highest BCUT2D eigenvalue weighted by atomic mass is 19.1. The Morgan fingerprint density at radius 1 is 1.39 bits per heavy atom. The van der Waals surface area contributed by atoms with Crippen molar-refractivity contribution < 1.29 is 9.31 Å². The molecule has 0 amide bonds. The van der Waals surface area contributed by atoms with Crippen molar-refractivity contribution in [3.05, 3.63) is 39.7 Å². The summed E-state index contributed by atoms with van der Waals surface area (Å²) in [6.45, 7) is 1.35. The van der Waals surface area contributed by atoms with Crippen LogP contribution in [0.4, 0.5) is 10.1 Å². The minimum Gasteiger partial charge on any atom is -0.313 e. The van der Waals surface area contributed by atoms with Crippen LogP contribution in [0.25, 0.3) is 0 Å². The van der Waals surface area contributed by atoms with Gasteiger partial charge in [-0.2, -0.15) is 0 Å². The molecule has 0 aliphatic heterocycles. The van der Waals surface area contributed by atoms with Crippen molar-refractivity contribution in [3.8, 4) is 0 Å². The van der Waals surface area contributed by atoms with E-state index in [1.54, 1.807) is 0 Å². The molecule has 1 N–H and O–H groups in total. The molecule has 2 rings (SSSR count). The zero-order valence-electron chi connectivity index (χ0n) is 10.2. The molecule has 0 bridgehead atoms. The minimum atomic E-state index is -0.570. The molecule has 0 radical (unpaired) electrons. The summed E-state index contributed by atoms with van der Waals surface area (Å²) in [5, 5.41) is 13.8. The van der Waals surface area contributed by atoms with E-state index < -0.39 is 10.7 Å². The van der Waals surface area contributed by atoms with Crippen molar-refractivity contribution in [2.24, 2.45) is 5.92 Å². The summed E-state index contributed by atoms with van der Waals surface area (Å²) in [4.78, 5) is 10.0. The zero-order valence-corrected chi connectivity index (χ0v) is 10.2. The van der Waals surface area contributed by atoms with E-state index in [4.69, 9.17) is 0 Å². The second kappa shape index (κ2) is 5.91. The van der Waals surface area contributed by atoms with Crippen LogP contribution in [-0.2, 0) is 6.54 Å². The Balaban J connectivity index is 1.78. The van der Waals surface area contributed by atoms with Crippen LogP contribution in [0, 0.1) is 21.8 Å². The van der Waals surface area contributed by atoms with Gasteiger partial charge >= 0.3 is 0 Å². The number of nitrogens with one attached hydrogen (secondary N) is 1. The van der Waals surface area contributed by atoms with Crippen molar-refractivity contribution in [1.82, 2.24) is 5.32 Å². The second-order valence-corrected chi connectivity index (χ2v) is 4.84. The molecule has 0 unspecified atom stereocenters. The third-order valence-electron chi connectivity index (χ3n) is 3.15. The summed E-state index contributed by atoms with van der Waals surface area (Å²) in [7, 11) is 0. The van der Waals surface area contributed by atoms with Gasteiger partial charge in [0.05, 0.1) is 11.0 Å². The van der Waals surface area contributed by atoms with E-state index >= 15 is 0 Å².